The van der Waals surface area contributed by atoms with Crippen LogP contribution < -0.4 is 5.32 Å². The fourth-order valence-corrected chi connectivity index (χ4v) is 3.18. The van der Waals surface area contributed by atoms with E-state index in [1.807, 2.05) is 12.3 Å². The third-order valence-electron chi connectivity index (χ3n) is 3.12. The van der Waals surface area contributed by atoms with Gasteiger partial charge in [0.05, 0.1) is 10.7 Å². The number of halogens is 2. The van der Waals surface area contributed by atoms with E-state index >= 15 is 0 Å². The quantitative estimate of drug-likeness (QED) is 0.895. The Hall–Kier alpha value is -0.550. The van der Waals surface area contributed by atoms with Crippen LogP contribution in [0.25, 0.3) is 0 Å². The minimum atomic E-state index is -2.49. The first-order valence-electron chi connectivity index (χ1n) is 6.13. The average molecular weight is 260 g/mol. The summed E-state index contributed by atoms with van der Waals surface area (Å²) in [6, 6.07) is 0. The number of hydrogen-bond donors (Lipinski definition) is 1. The Bertz CT molecular complexity index is 365. The van der Waals surface area contributed by atoms with Crippen LogP contribution in [0.15, 0.2) is 5.38 Å². The number of aromatic nitrogens is 1. The van der Waals surface area contributed by atoms with E-state index in [9.17, 15) is 8.78 Å². The lowest BCUT2D eigenvalue weighted by molar-refractivity contribution is -0.0408. The van der Waals surface area contributed by atoms with E-state index in [1.165, 1.54) is 11.3 Å². The summed E-state index contributed by atoms with van der Waals surface area (Å²) in [6.07, 6.45) is 1.48. The highest BCUT2D eigenvalue weighted by atomic mass is 32.1. The van der Waals surface area contributed by atoms with Crippen LogP contribution >= 0.6 is 11.3 Å². The van der Waals surface area contributed by atoms with Crippen LogP contribution in [0.5, 0.6) is 0 Å². The number of thiazole rings is 1. The molecule has 17 heavy (non-hydrogen) atoms. The van der Waals surface area contributed by atoms with Crippen molar-refractivity contribution >= 4 is 11.3 Å². The minimum absolute atomic E-state index is 0.0266. The van der Waals surface area contributed by atoms with Gasteiger partial charge in [-0.1, -0.05) is 6.92 Å². The molecule has 0 saturated heterocycles. The molecule has 0 amide bonds. The summed E-state index contributed by atoms with van der Waals surface area (Å²) in [7, 11) is 0. The lowest BCUT2D eigenvalue weighted by Crippen LogP contribution is -2.24. The van der Waals surface area contributed by atoms with E-state index in [0.717, 1.165) is 30.2 Å². The van der Waals surface area contributed by atoms with Crippen LogP contribution in [-0.2, 0) is 6.54 Å². The van der Waals surface area contributed by atoms with E-state index in [0.29, 0.717) is 6.42 Å². The molecule has 1 N–H and O–H groups in total. The molecule has 1 aliphatic rings. The van der Waals surface area contributed by atoms with Gasteiger partial charge in [-0.3, -0.25) is 0 Å². The molecule has 1 heterocycles. The van der Waals surface area contributed by atoms with Crippen molar-refractivity contribution in [3.63, 3.8) is 0 Å². The van der Waals surface area contributed by atoms with Crippen LogP contribution in [0.2, 0.25) is 0 Å². The number of alkyl halides is 2. The third kappa shape index (κ3) is 3.45. The highest BCUT2D eigenvalue weighted by Gasteiger charge is 2.37. The summed E-state index contributed by atoms with van der Waals surface area (Å²) in [5.74, 6) is -2.53. The molecule has 96 valence electrons. The number of nitrogens with one attached hydrogen (secondary N) is 1. The Balaban J connectivity index is 1.99. The summed E-state index contributed by atoms with van der Waals surface area (Å²) in [6.45, 7) is 3.67. The molecular weight excluding hydrogens is 242 g/mol. The molecule has 2 rings (SSSR count). The van der Waals surface area contributed by atoms with Crippen molar-refractivity contribution in [1.82, 2.24) is 10.3 Å². The fraction of sp³-hybridized carbons (Fsp3) is 0.750. The average Bonchev–Trinajstić information content (AvgIpc) is 2.73. The first-order chi connectivity index (χ1) is 8.11. The van der Waals surface area contributed by atoms with Crippen LogP contribution in [0, 0.1) is 0 Å². The third-order valence-corrected chi connectivity index (χ3v) is 4.17. The number of hydrogen-bond acceptors (Lipinski definition) is 3. The van der Waals surface area contributed by atoms with Crippen molar-refractivity contribution < 1.29 is 8.78 Å². The molecule has 0 aliphatic heterocycles. The van der Waals surface area contributed by atoms with Crippen molar-refractivity contribution in [3.8, 4) is 0 Å². The molecule has 1 atom stereocenters. The van der Waals surface area contributed by atoms with Crippen LogP contribution in [0.4, 0.5) is 8.78 Å². The zero-order chi connectivity index (χ0) is 12.3. The maximum Gasteiger partial charge on any atom is 0.248 e. The molecule has 1 unspecified atom stereocenters. The molecule has 1 aromatic rings. The largest absolute Gasteiger partial charge is 0.311 e. The molecule has 1 saturated carbocycles. The normalized spacial score (nSPS) is 23.8. The van der Waals surface area contributed by atoms with Crippen LogP contribution in [-0.4, -0.2) is 17.5 Å². The molecule has 0 spiro atoms. The Morgan fingerprint density at radius 2 is 2.41 bits per heavy atom. The van der Waals surface area contributed by atoms with Crippen LogP contribution in [0.1, 0.15) is 49.2 Å². The molecule has 0 aromatic carbocycles. The van der Waals surface area contributed by atoms with Crippen molar-refractivity contribution in [2.45, 2.75) is 51.0 Å². The molecule has 0 bridgehead atoms. The highest BCUT2D eigenvalue weighted by molar-refractivity contribution is 7.09. The van der Waals surface area contributed by atoms with Crippen LogP contribution in [0.3, 0.4) is 0 Å². The summed E-state index contributed by atoms with van der Waals surface area (Å²) < 4.78 is 26.6. The molecule has 5 heteroatoms. The first kappa shape index (κ1) is 12.9. The molecule has 1 fully saturated rings. The summed E-state index contributed by atoms with van der Waals surface area (Å²) in [5.41, 5.74) is 0.973. The molecule has 0 radical (unpaired) electrons. The van der Waals surface area contributed by atoms with Gasteiger partial charge in [0.2, 0.25) is 5.92 Å². The maximum atomic E-state index is 13.3. The second-order valence-electron chi connectivity index (χ2n) is 4.61. The predicted octanol–water partition coefficient (Wildman–Crippen LogP) is 3.55. The maximum absolute atomic E-state index is 13.3. The number of rotatable bonds is 4. The zero-order valence-electron chi connectivity index (χ0n) is 10.0. The summed E-state index contributed by atoms with van der Waals surface area (Å²) in [5, 5.41) is 6.06. The van der Waals surface area contributed by atoms with Gasteiger partial charge in [-0.15, -0.1) is 11.3 Å². The molecular formula is C12H18F2N2S. The van der Waals surface area contributed by atoms with Crippen molar-refractivity contribution in [3.05, 3.63) is 16.1 Å². The van der Waals surface area contributed by atoms with Crippen molar-refractivity contribution in [1.29, 1.82) is 0 Å². The number of nitrogens with zero attached hydrogens (tertiary/aromatic N) is 1. The van der Waals surface area contributed by atoms with E-state index in [4.69, 9.17) is 0 Å². The van der Waals surface area contributed by atoms with Gasteiger partial charge in [0, 0.05) is 30.7 Å². The van der Waals surface area contributed by atoms with E-state index in [-0.39, 0.29) is 18.8 Å². The lowest BCUT2D eigenvalue weighted by Gasteiger charge is -2.27. The second-order valence-corrected chi connectivity index (χ2v) is 5.50. The topological polar surface area (TPSA) is 24.9 Å². The van der Waals surface area contributed by atoms with Crippen molar-refractivity contribution in [2.24, 2.45) is 0 Å². The van der Waals surface area contributed by atoms with Gasteiger partial charge in [0.25, 0.3) is 0 Å². The lowest BCUT2D eigenvalue weighted by atomic mass is 9.87. The van der Waals surface area contributed by atoms with Gasteiger partial charge >= 0.3 is 0 Å². The van der Waals surface area contributed by atoms with Gasteiger partial charge in [0.1, 0.15) is 0 Å². The summed E-state index contributed by atoms with van der Waals surface area (Å²) >= 11 is 1.52. The van der Waals surface area contributed by atoms with Gasteiger partial charge in [-0.2, -0.15) is 0 Å². The SMILES string of the molecule is CCNCc1csc(C2CCCC(F)(F)C2)n1. The molecule has 2 nitrogen and oxygen atoms in total. The first-order valence-corrected chi connectivity index (χ1v) is 7.01. The standard InChI is InChI=1S/C12H18F2N2S/c1-2-15-7-10-8-17-11(16-10)9-4-3-5-12(13,14)6-9/h8-9,15H,2-7H2,1H3. The van der Waals surface area contributed by atoms with Gasteiger partial charge in [-0.05, 0) is 19.4 Å². The second kappa shape index (κ2) is 5.40. The zero-order valence-corrected chi connectivity index (χ0v) is 10.8. The minimum Gasteiger partial charge on any atom is -0.311 e. The van der Waals surface area contributed by atoms with Gasteiger partial charge in [-0.25, -0.2) is 13.8 Å². The predicted molar refractivity (Wildman–Crippen MR) is 65.7 cm³/mol. The fourth-order valence-electron chi connectivity index (χ4n) is 2.23. The molecule has 1 aromatic heterocycles. The smallest absolute Gasteiger partial charge is 0.248 e. The Morgan fingerprint density at radius 1 is 1.59 bits per heavy atom. The Kier molecular flexibility index (Phi) is 4.09. The summed E-state index contributed by atoms with van der Waals surface area (Å²) in [4.78, 5) is 4.46. The Morgan fingerprint density at radius 3 is 3.12 bits per heavy atom. The molecule has 1 aliphatic carbocycles. The van der Waals surface area contributed by atoms with Crippen molar-refractivity contribution in [2.75, 3.05) is 6.54 Å². The van der Waals surface area contributed by atoms with E-state index in [2.05, 4.69) is 10.3 Å². The van der Waals surface area contributed by atoms with Gasteiger partial charge in [0.15, 0.2) is 0 Å². The highest BCUT2D eigenvalue weighted by Crippen LogP contribution is 2.42. The van der Waals surface area contributed by atoms with E-state index in [1.54, 1.807) is 0 Å². The van der Waals surface area contributed by atoms with E-state index < -0.39 is 5.92 Å². The monoisotopic (exact) mass is 260 g/mol. The van der Waals surface area contributed by atoms with Gasteiger partial charge < -0.3 is 5.32 Å². The Labute approximate surface area is 104 Å².